The van der Waals surface area contributed by atoms with Gasteiger partial charge in [0.2, 0.25) is 0 Å². The molecule has 2 aromatic rings. The van der Waals surface area contributed by atoms with Gasteiger partial charge >= 0.3 is 5.97 Å². The van der Waals surface area contributed by atoms with Crippen LogP contribution in [-0.4, -0.2) is 33.0 Å². The van der Waals surface area contributed by atoms with Crippen molar-refractivity contribution in [3.8, 4) is 0 Å². The standard InChI is InChI=1S/C13H13BrN4O3/c14-7-1-2-9(10(15)3-7)12(19)18-11(13(20)21)4-8-5-16-6-17-8/h1-3,5-6,11H,4,15H2,(H,16,17)(H,18,19)(H,20,21)/t11-/m0/s1. The fourth-order valence-corrected chi connectivity index (χ4v) is 2.17. The predicted octanol–water partition coefficient (Wildman–Crippen LogP) is 1.18. The Bertz CT molecular complexity index is 657. The smallest absolute Gasteiger partial charge is 0.326 e. The first-order valence-corrected chi connectivity index (χ1v) is 6.82. The van der Waals surface area contributed by atoms with Crippen molar-refractivity contribution in [3.63, 3.8) is 0 Å². The van der Waals surface area contributed by atoms with E-state index in [0.717, 1.165) is 4.47 Å². The molecule has 1 aromatic carbocycles. The number of carbonyl (C=O) groups excluding carboxylic acids is 1. The second-order valence-electron chi connectivity index (χ2n) is 4.38. The third kappa shape index (κ3) is 3.82. The Kier molecular flexibility index (Phi) is 4.59. The Morgan fingerprint density at radius 2 is 2.24 bits per heavy atom. The van der Waals surface area contributed by atoms with Gasteiger partial charge in [0.25, 0.3) is 5.91 Å². The number of carboxylic acid groups (broad SMARTS) is 1. The van der Waals surface area contributed by atoms with Crippen molar-refractivity contribution >= 4 is 33.5 Å². The molecule has 1 aromatic heterocycles. The molecule has 0 aliphatic rings. The number of aromatic amines is 1. The van der Waals surface area contributed by atoms with E-state index in [0.29, 0.717) is 5.69 Å². The molecule has 110 valence electrons. The fraction of sp³-hybridized carbons (Fsp3) is 0.154. The van der Waals surface area contributed by atoms with Gasteiger partial charge in [-0.25, -0.2) is 9.78 Å². The lowest BCUT2D eigenvalue weighted by atomic mass is 10.1. The quantitative estimate of drug-likeness (QED) is 0.602. The summed E-state index contributed by atoms with van der Waals surface area (Å²) in [5.41, 5.74) is 6.87. The number of carbonyl (C=O) groups is 2. The van der Waals surface area contributed by atoms with Crippen LogP contribution in [-0.2, 0) is 11.2 Å². The number of anilines is 1. The van der Waals surface area contributed by atoms with Crippen molar-refractivity contribution in [2.45, 2.75) is 12.5 Å². The molecule has 0 saturated carbocycles. The lowest BCUT2D eigenvalue weighted by Gasteiger charge is -2.14. The van der Waals surface area contributed by atoms with Crippen LogP contribution in [0.5, 0.6) is 0 Å². The van der Waals surface area contributed by atoms with Crippen LogP contribution in [0.1, 0.15) is 16.1 Å². The van der Waals surface area contributed by atoms with Gasteiger partial charge in [-0.3, -0.25) is 4.79 Å². The number of hydrogen-bond donors (Lipinski definition) is 4. The van der Waals surface area contributed by atoms with Crippen molar-refractivity contribution in [2.24, 2.45) is 0 Å². The Hall–Kier alpha value is -2.35. The molecule has 1 heterocycles. The monoisotopic (exact) mass is 352 g/mol. The lowest BCUT2D eigenvalue weighted by Crippen LogP contribution is -2.42. The molecular formula is C13H13BrN4O3. The molecular weight excluding hydrogens is 340 g/mol. The van der Waals surface area contributed by atoms with Crippen LogP contribution >= 0.6 is 15.9 Å². The average Bonchev–Trinajstić information content (AvgIpc) is 2.90. The van der Waals surface area contributed by atoms with Gasteiger partial charge < -0.3 is 21.1 Å². The SMILES string of the molecule is Nc1cc(Br)ccc1C(=O)N[C@@H](Cc1cnc[nH]1)C(=O)O. The van der Waals surface area contributed by atoms with Gasteiger partial charge in [0.1, 0.15) is 6.04 Å². The van der Waals surface area contributed by atoms with E-state index in [4.69, 9.17) is 5.73 Å². The van der Waals surface area contributed by atoms with E-state index in [1.165, 1.54) is 18.6 Å². The van der Waals surface area contributed by atoms with Crippen molar-refractivity contribution in [1.29, 1.82) is 0 Å². The van der Waals surface area contributed by atoms with Crippen LogP contribution in [0.2, 0.25) is 0 Å². The summed E-state index contributed by atoms with van der Waals surface area (Å²) in [4.78, 5) is 30.0. The van der Waals surface area contributed by atoms with E-state index in [2.05, 4.69) is 31.2 Å². The molecule has 0 aliphatic carbocycles. The van der Waals surface area contributed by atoms with E-state index >= 15 is 0 Å². The molecule has 2 rings (SSSR count). The zero-order chi connectivity index (χ0) is 15.4. The number of imidazole rings is 1. The summed E-state index contributed by atoms with van der Waals surface area (Å²) in [6.07, 6.45) is 3.07. The highest BCUT2D eigenvalue weighted by molar-refractivity contribution is 9.10. The van der Waals surface area contributed by atoms with Crippen molar-refractivity contribution in [3.05, 3.63) is 46.5 Å². The minimum absolute atomic E-state index is 0.109. The first-order valence-electron chi connectivity index (χ1n) is 6.03. The first-order chi connectivity index (χ1) is 9.97. The minimum Gasteiger partial charge on any atom is -0.480 e. The van der Waals surface area contributed by atoms with E-state index in [1.807, 2.05) is 0 Å². The van der Waals surface area contributed by atoms with Crippen LogP contribution in [0.25, 0.3) is 0 Å². The number of aliphatic carboxylic acids is 1. The number of nitrogens with one attached hydrogen (secondary N) is 2. The summed E-state index contributed by atoms with van der Waals surface area (Å²) in [6.45, 7) is 0. The Morgan fingerprint density at radius 1 is 1.48 bits per heavy atom. The van der Waals surface area contributed by atoms with Gasteiger partial charge in [0.15, 0.2) is 0 Å². The van der Waals surface area contributed by atoms with Crippen LogP contribution in [0.4, 0.5) is 5.69 Å². The number of amides is 1. The maximum atomic E-state index is 12.1. The second-order valence-corrected chi connectivity index (χ2v) is 5.29. The summed E-state index contributed by atoms with van der Waals surface area (Å²) >= 11 is 3.24. The number of nitrogens with two attached hydrogens (primary N) is 1. The number of aromatic nitrogens is 2. The van der Waals surface area contributed by atoms with Crippen LogP contribution in [0, 0.1) is 0 Å². The first kappa shape index (κ1) is 15.0. The molecule has 0 saturated heterocycles. The molecule has 0 radical (unpaired) electrons. The summed E-state index contributed by atoms with van der Waals surface area (Å²) in [5.74, 6) is -1.67. The number of halogens is 1. The predicted molar refractivity (Wildman–Crippen MR) is 79.7 cm³/mol. The van der Waals surface area contributed by atoms with E-state index in [1.54, 1.807) is 12.1 Å². The molecule has 21 heavy (non-hydrogen) atoms. The third-order valence-electron chi connectivity index (χ3n) is 2.84. The minimum atomic E-state index is -1.13. The van der Waals surface area contributed by atoms with Crippen LogP contribution < -0.4 is 11.1 Å². The molecule has 1 atom stereocenters. The van der Waals surface area contributed by atoms with Gasteiger partial charge in [0, 0.05) is 28.5 Å². The van der Waals surface area contributed by atoms with Gasteiger partial charge in [-0.2, -0.15) is 0 Å². The number of H-pyrrole nitrogens is 1. The normalized spacial score (nSPS) is 11.9. The maximum absolute atomic E-state index is 12.1. The largest absolute Gasteiger partial charge is 0.480 e. The molecule has 0 bridgehead atoms. The summed E-state index contributed by atoms with van der Waals surface area (Å²) in [7, 11) is 0. The topological polar surface area (TPSA) is 121 Å². The highest BCUT2D eigenvalue weighted by Gasteiger charge is 2.22. The van der Waals surface area contributed by atoms with Crippen LogP contribution in [0.3, 0.4) is 0 Å². The summed E-state index contributed by atoms with van der Waals surface area (Å²) < 4.78 is 0.740. The molecule has 1 amide bonds. The Morgan fingerprint density at radius 3 is 2.81 bits per heavy atom. The van der Waals surface area contributed by atoms with E-state index in [-0.39, 0.29) is 17.7 Å². The summed E-state index contributed by atoms with van der Waals surface area (Å²) in [5, 5.41) is 11.6. The second kappa shape index (κ2) is 6.40. The molecule has 5 N–H and O–H groups in total. The highest BCUT2D eigenvalue weighted by Crippen LogP contribution is 2.18. The molecule has 7 nitrogen and oxygen atoms in total. The zero-order valence-electron chi connectivity index (χ0n) is 10.8. The van der Waals surface area contributed by atoms with Gasteiger partial charge in [0.05, 0.1) is 11.9 Å². The Labute approximate surface area is 128 Å². The molecule has 0 aliphatic heterocycles. The van der Waals surface area contributed by atoms with Crippen molar-refractivity contribution in [2.75, 3.05) is 5.73 Å². The number of nitrogen functional groups attached to an aromatic ring is 1. The third-order valence-corrected chi connectivity index (χ3v) is 3.33. The average molecular weight is 353 g/mol. The zero-order valence-corrected chi connectivity index (χ0v) is 12.4. The molecule has 0 unspecified atom stereocenters. The maximum Gasteiger partial charge on any atom is 0.326 e. The fourth-order valence-electron chi connectivity index (χ4n) is 1.79. The Balaban J connectivity index is 2.12. The van der Waals surface area contributed by atoms with E-state index in [9.17, 15) is 14.7 Å². The number of nitrogens with zero attached hydrogens (tertiary/aromatic N) is 1. The van der Waals surface area contributed by atoms with Gasteiger partial charge in [-0.05, 0) is 18.2 Å². The number of benzene rings is 1. The van der Waals surface area contributed by atoms with Crippen molar-refractivity contribution < 1.29 is 14.7 Å². The summed E-state index contributed by atoms with van der Waals surface area (Å²) in [6, 6.07) is 3.71. The highest BCUT2D eigenvalue weighted by atomic mass is 79.9. The number of hydrogen-bond acceptors (Lipinski definition) is 4. The van der Waals surface area contributed by atoms with Crippen molar-refractivity contribution in [1.82, 2.24) is 15.3 Å². The van der Waals surface area contributed by atoms with E-state index < -0.39 is 17.9 Å². The van der Waals surface area contributed by atoms with Gasteiger partial charge in [-0.15, -0.1) is 0 Å². The molecule has 0 spiro atoms. The van der Waals surface area contributed by atoms with Crippen LogP contribution in [0.15, 0.2) is 35.2 Å². The molecule has 0 fully saturated rings. The number of rotatable bonds is 5. The molecule has 8 heteroatoms. The van der Waals surface area contributed by atoms with Gasteiger partial charge in [-0.1, -0.05) is 15.9 Å². The number of carboxylic acids is 1. The lowest BCUT2D eigenvalue weighted by molar-refractivity contribution is -0.139.